The SMILES string of the molecule is CCCOc1ccc(NC(=O)OCCCOC)cc1C. The second-order valence-corrected chi connectivity index (χ2v) is 4.44. The van der Waals surface area contributed by atoms with E-state index in [1.54, 1.807) is 13.2 Å². The van der Waals surface area contributed by atoms with Gasteiger partial charge in [-0.25, -0.2) is 4.79 Å². The van der Waals surface area contributed by atoms with Crippen molar-refractivity contribution in [2.75, 3.05) is 32.2 Å². The summed E-state index contributed by atoms with van der Waals surface area (Å²) >= 11 is 0. The fourth-order valence-electron chi connectivity index (χ4n) is 1.62. The average Bonchev–Trinajstić information content (AvgIpc) is 2.43. The van der Waals surface area contributed by atoms with E-state index in [0.717, 1.165) is 17.7 Å². The lowest BCUT2D eigenvalue weighted by molar-refractivity contribution is 0.134. The van der Waals surface area contributed by atoms with Crippen molar-refractivity contribution in [2.45, 2.75) is 26.7 Å². The molecule has 0 saturated carbocycles. The fourth-order valence-corrected chi connectivity index (χ4v) is 1.62. The molecule has 0 atom stereocenters. The third kappa shape index (κ3) is 5.93. The van der Waals surface area contributed by atoms with Crippen LogP contribution < -0.4 is 10.1 Å². The fraction of sp³-hybridized carbons (Fsp3) is 0.533. The van der Waals surface area contributed by atoms with E-state index in [4.69, 9.17) is 14.2 Å². The van der Waals surface area contributed by atoms with Gasteiger partial charge in [0.25, 0.3) is 0 Å². The van der Waals surface area contributed by atoms with Gasteiger partial charge in [0, 0.05) is 25.8 Å². The molecule has 1 aromatic carbocycles. The molecule has 5 heteroatoms. The summed E-state index contributed by atoms with van der Waals surface area (Å²) < 4.78 is 15.5. The highest BCUT2D eigenvalue weighted by molar-refractivity contribution is 5.84. The van der Waals surface area contributed by atoms with Gasteiger partial charge in [0.1, 0.15) is 5.75 Å². The number of anilines is 1. The summed E-state index contributed by atoms with van der Waals surface area (Å²) in [4.78, 5) is 11.5. The minimum absolute atomic E-state index is 0.344. The second kappa shape index (κ2) is 9.20. The van der Waals surface area contributed by atoms with Gasteiger partial charge in [-0.3, -0.25) is 5.32 Å². The number of amides is 1. The van der Waals surface area contributed by atoms with Crippen LogP contribution in [-0.2, 0) is 9.47 Å². The molecule has 0 saturated heterocycles. The summed E-state index contributed by atoms with van der Waals surface area (Å²) in [5, 5.41) is 2.69. The number of carbonyl (C=O) groups excluding carboxylic acids is 1. The van der Waals surface area contributed by atoms with E-state index in [0.29, 0.717) is 31.9 Å². The summed E-state index contributed by atoms with van der Waals surface area (Å²) in [6, 6.07) is 5.52. The number of benzene rings is 1. The van der Waals surface area contributed by atoms with Crippen LogP contribution in [0.3, 0.4) is 0 Å². The highest BCUT2D eigenvalue weighted by Crippen LogP contribution is 2.22. The van der Waals surface area contributed by atoms with E-state index in [2.05, 4.69) is 12.2 Å². The van der Waals surface area contributed by atoms with Crippen LogP contribution in [0, 0.1) is 6.92 Å². The maximum Gasteiger partial charge on any atom is 0.411 e. The number of aryl methyl sites for hydroxylation is 1. The van der Waals surface area contributed by atoms with Gasteiger partial charge in [0.15, 0.2) is 0 Å². The molecule has 1 aromatic rings. The van der Waals surface area contributed by atoms with Crippen molar-refractivity contribution in [3.63, 3.8) is 0 Å². The van der Waals surface area contributed by atoms with Crippen molar-refractivity contribution in [1.29, 1.82) is 0 Å². The van der Waals surface area contributed by atoms with Crippen molar-refractivity contribution in [3.05, 3.63) is 23.8 Å². The largest absolute Gasteiger partial charge is 0.493 e. The Kier molecular flexibility index (Phi) is 7.50. The Morgan fingerprint density at radius 2 is 2.05 bits per heavy atom. The summed E-state index contributed by atoms with van der Waals surface area (Å²) in [5.41, 5.74) is 1.68. The Balaban J connectivity index is 2.43. The van der Waals surface area contributed by atoms with Gasteiger partial charge < -0.3 is 14.2 Å². The standard InChI is InChI=1S/C15H23NO4/c1-4-8-19-14-7-6-13(11-12(14)2)16-15(17)20-10-5-9-18-3/h6-7,11H,4-5,8-10H2,1-3H3,(H,16,17). The lowest BCUT2D eigenvalue weighted by Crippen LogP contribution is -2.15. The Labute approximate surface area is 120 Å². The molecule has 112 valence electrons. The third-order valence-corrected chi connectivity index (χ3v) is 2.61. The molecule has 0 spiro atoms. The van der Waals surface area contributed by atoms with Gasteiger partial charge in [-0.15, -0.1) is 0 Å². The zero-order valence-electron chi connectivity index (χ0n) is 12.4. The number of methoxy groups -OCH3 is 1. The van der Waals surface area contributed by atoms with Crippen molar-refractivity contribution < 1.29 is 19.0 Å². The number of ether oxygens (including phenoxy) is 3. The van der Waals surface area contributed by atoms with Crippen LogP contribution in [0.25, 0.3) is 0 Å². The Morgan fingerprint density at radius 1 is 1.25 bits per heavy atom. The normalized spacial score (nSPS) is 10.2. The van der Waals surface area contributed by atoms with E-state index in [9.17, 15) is 4.79 Å². The highest BCUT2D eigenvalue weighted by Gasteiger charge is 2.05. The number of carbonyl (C=O) groups is 1. The summed E-state index contributed by atoms with van der Waals surface area (Å²) in [6.45, 7) is 5.62. The van der Waals surface area contributed by atoms with Gasteiger partial charge in [-0.2, -0.15) is 0 Å². The lowest BCUT2D eigenvalue weighted by Gasteiger charge is -2.11. The van der Waals surface area contributed by atoms with E-state index in [-0.39, 0.29) is 0 Å². The molecule has 0 aliphatic heterocycles. The van der Waals surface area contributed by atoms with E-state index < -0.39 is 6.09 Å². The number of nitrogens with one attached hydrogen (secondary N) is 1. The summed E-state index contributed by atoms with van der Waals surface area (Å²) in [5.74, 6) is 0.839. The van der Waals surface area contributed by atoms with Crippen molar-refractivity contribution >= 4 is 11.8 Å². The zero-order chi connectivity index (χ0) is 14.8. The van der Waals surface area contributed by atoms with Crippen molar-refractivity contribution in [2.24, 2.45) is 0 Å². The first-order chi connectivity index (χ1) is 9.67. The molecule has 0 unspecified atom stereocenters. The van der Waals surface area contributed by atoms with Crippen LogP contribution in [-0.4, -0.2) is 33.0 Å². The molecule has 1 rings (SSSR count). The highest BCUT2D eigenvalue weighted by atomic mass is 16.5. The quantitative estimate of drug-likeness (QED) is 0.742. The van der Waals surface area contributed by atoms with Crippen LogP contribution in [0.4, 0.5) is 10.5 Å². The van der Waals surface area contributed by atoms with Gasteiger partial charge in [-0.05, 0) is 37.1 Å². The van der Waals surface area contributed by atoms with Crippen LogP contribution in [0.5, 0.6) is 5.75 Å². The smallest absolute Gasteiger partial charge is 0.411 e. The molecule has 0 aromatic heterocycles. The summed E-state index contributed by atoms with van der Waals surface area (Å²) in [6.07, 6.45) is 1.20. The maximum atomic E-state index is 11.5. The van der Waals surface area contributed by atoms with Gasteiger partial charge in [0.2, 0.25) is 0 Å². The first-order valence-electron chi connectivity index (χ1n) is 6.83. The summed E-state index contributed by atoms with van der Waals surface area (Å²) in [7, 11) is 1.62. The van der Waals surface area contributed by atoms with Crippen LogP contribution in [0.1, 0.15) is 25.3 Å². The predicted octanol–water partition coefficient (Wildman–Crippen LogP) is 3.37. The second-order valence-electron chi connectivity index (χ2n) is 4.44. The molecular weight excluding hydrogens is 258 g/mol. The first kappa shape index (κ1) is 16.3. The predicted molar refractivity (Wildman–Crippen MR) is 78.4 cm³/mol. The Bertz CT molecular complexity index is 420. The van der Waals surface area contributed by atoms with E-state index >= 15 is 0 Å². The molecule has 0 radical (unpaired) electrons. The maximum absolute atomic E-state index is 11.5. The zero-order valence-corrected chi connectivity index (χ0v) is 12.4. The minimum Gasteiger partial charge on any atom is -0.493 e. The molecule has 1 amide bonds. The topological polar surface area (TPSA) is 56.8 Å². The molecule has 1 N–H and O–H groups in total. The lowest BCUT2D eigenvalue weighted by atomic mass is 10.2. The molecule has 0 aliphatic carbocycles. The molecule has 0 heterocycles. The monoisotopic (exact) mass is 281 g/mol. The number of rotatable bonds is 8. The number of hydrogen-bond donors (Lipinski definition) is 1. The van der Waals surface area contributed by atoms with Crippen LogP contribution in [0.15, 0.2) is 18.2 Å². The molecule has 0 aliphatic rings. The molecule has 0 fully saturated rings. The van der Waals surface area contributed by atoms with E-state index in [1.807, 2.05) is 19.1 Å². The number of hydrogen-bond acceptors (Lipinski definition) is 4. The average molecular weight is 281 g/mol. The van der Waals surface area contributed by atoms with Gasteiger partial charge in [0.05, 0.1) is 13.2 Å². The van der Waals surface area contributed by atoms with Crippen LogP contribution in [0.2, 0.25) is 0 Å². The first-order valence-corrected chi connectivity index (χ1v) is 6.83. The molecule has 0 bridgehead atoms. The third-order valence-electron chi connectivity index (χ3n) is 2.61. The van der Waals surface area contributed by atoms with Crippen molar-refractivity contribution in [3.8, 4) is 5.75 Å². The van der Waals surface area contributed by atoms with Gasteiger partial charge in [-0.1, -0.05) is 6.92 Å². The Hall–Kier alpha value is -1.75. The van der Waals surface area contributed by atoms with Crippen molar-refractivity contribution in [1.82, 2.24) is 0 Å². The molecular formula is C15H23NO4. The minimum atomic E-state index is -0.456. The molecule has 5 nitrogen and oxygen atoms in total. The Morgan fingerprint density at radius 3 is 2.70 bits per heavy atom. The van der Waals surface area contributed by atoms with E-state index in [1.165, 1.54) is 0 Å². The van der Waals surface area contributed by atoms with Crippen LogP contribution >= 0.6 is 0 Å². The molecule has 20 heavy (non-hydrogen) atoms. The van der Waals surface area contributed by atoms with Gasteiger partial charge >= 0.3 is 6.09 Å².